The van der Waals surface area contributed by atoms with E-state index in [-0.39, 0.29) is 11.4 Å². The van der Waals surface area contributed by atoms with Crippen LogP contribution in [0.1, 0.15) is 0 Å². The first-order valence-electron chi connectivity index (χ1n) is 8.44. The maximum atomic E-state index is 12.2. The SMILES string of the molecule is N[C@@H](CNC(=O)N[C@@H](CSC(=O)N(O)c1ccc(Br)cc1)C(=O)NCC(=O)O)C(=O)O. The summed E-state index contributed by atoms with van der Waals surface area (Å²) in [5, 5.41) is 33.2. The van der Waals surface area contributed by atoms with Gasteiger partial charge in [-0.2, -0.15) is 5.06 Å². The molecule has 0 aliphatic rings. The molecule has 0 heterocycles. The second-order valence-corrected chi connectivity index (χ2v) is 7.72. The summed E-state index contributed by atoms with van der Waals surface area (Å²) in [5.74, 6) is -3.96. The molecule has 0 unspecified atom stereocenters. The number of halogens is 1. The van der Waals surface area contributed by atoms with Crippen molar-refractivity contribution in [2.75, 3.05) is 23.9 Å². The van der Waals surface area contributed by atoms with Crippen LogP contribution in [0, 0.1) is 0 Å². The summed E-state index contributed by atoms with van der Waals surface area (Å²) in [6, 6.07) is 2.36. The number of rotatable bonds is 10. The van der Waals surface area contributed by atoms with Crippen LogP contribution in [-0.2, 0) is 14.4 Å². The van der Waals surface area contributed by atoms with E-state index in [2.05, 4.69) is 31.9 Å². The molecule has 13 nitrogen and oxygen atoms in total. The number of carboxylic acids is 2. The number of aliphatic carboxylic acids is 2. The van der Waals surface area contributed by atoms with Crippen LogP contribution in [0.4, 0.5) is 15.3 Å². The Bertz CT molecular complexity index is 825. The van der Waals surface area contributed by atoms with Gasteiger partial charge in [0.15, 0.2) is 0 Å². The van der Waals surface area contributed by atoms with Crippen LogP contribution in [-0.4, -0.2) is 75.5 Å². The largest absolute Gasteiger partial charge is 0.480 e. The Labute approximate surface area is 188 Å². The van der Waals surface area contributed by atoms with Gasteiger partial charge < -0.3 is 31.9 Å². The number of nitrogens with one attached hydrogen (secondary N) is 3. The molecule has 0 aliphatic heterocycles. The van der Waals surface area contributed by atoms with Gasteiger partial charge in [0, 0.05) is 16.8 Å². The van der Waals surface area contributed by atoms with Crippen molar-refractivity contribution in [3.63, 3.8) is 0 Å². The average molecular weight is 522 g/mol. The highest BCUT2D eigenvalue weighted by Gasteiger charge is 2.25. The summed E-state index contributed by atoms with van der Waals surface area (Å²) in [4.78, 5) is 57.6. The Balaban J connectivity index is 2.74. The lowest BCUT2D eigenvalue weighted by molar-refractivity contribution is -0.138. The fourth-order valence-electron chi connectivity index (χ4n) is 1.87. The number of nitrogens with zero attached hydrogens (tertiary/aromatic N) is 1. The smallest absolute Gasteiger partial charge is 0.322 e. The number of thioether (sulfide) groups is 1. The number of amides is 4. The summed E-state index contributed by atoms with van der Waals surface area (Å²) in [6.45, 7) is -1.17. The first kappa shape index (κ1) is 26.2. The van der Waals surface area contributed by atoms with Crippen LogP contribution in [0.3, 0.4) is 0 Å². The number of anilines is 1. The standard InChI is InChI=1S/C16H20BrN5O8S/c17-8-1-3-9(4-2-8)22(30)16(29)31-7-11(13(25)19-6-12(23)24)21-15(28)20-5-10(18)14(26)27/h1-4,10-11,30H,5-7,18H2,(H,19,25)(H,23,24)(H,26,27)(H2,20,21,28)/t10-,11-/m0/s1. The third-order valence-corrected chi connectivity index (χ3v) is 4.90. The zero-order valence-corrected chi connectivity index (χ0v) is 18.2. The summed E-state index contributed by atoms with van der Waals surface area (Å²) < 4.78 is 0.720. The second-order valence-electron chi connectivity index (χ2n) is 5.83. The number of hydroxylamine groups is 1. The van der Waals surface area contributed by atoms with Gasteiger partial charge in [-0.25, -0.2) is 4.79 Å². The van der Waals surface area contributed by atoms with Gasteiger partial charge in [-0.05, 0) is 24.3 Å². The Morgan fingerprint density at radius 2 is 1.71 bits per heavy atom. The molecule has 0 aliphatic carbocycles. The zero-order chi connectivity index (χ0) is 23.6. The van der Waals surface area contributed by atoms with Gasteiger partial charge in [0.25, 0.3) is 0 Å². The van der Waals surface area contributed by atoms with E-state index in [0.29, 0.717) is 16.8 Å². The highest BCUT2D eigenvalue weighted by Crippen LogP contribution is 2.20. The van der Waals surface area contributed by atoms with Gasteiger partial charge >= 0.3 is 23.2 Å². The monoisotopic (exact) mass is 521 g/mol. The topological polar surface area (TPSA) is 211 Å². The van der Waals surface area contributed by atoms with Crippen molar-refractivity contribution in [3.8, 4) is 0 Å². The molecule has 1 aromatic rings. The van der Waals surface area contributed by atoms with Crippen LogP contribution >= 0.6 is 27.7 Å². The predicted octanol–water partition coefficient (Wildman–Crippen LogP) is -0.222. The summed E-state index contributed by atoms with van der Waals surface area (Å²) in [7, 11) is 0. The Morgan fingerprint density at radius 3 is 2.26 bits per heavy atom. The molecule has 15 heteroatoms. The third-order valence-electron chi connectivity index (χ3n) is 3.45. The van der Waals surface area contributed by atoms with Crippen LogP contribution in [0.2, 0.25) is 0 Å². The number of nitrogens with two attached hydrogens (primary N) is 1. The van der Waals surface area contributed by atoms with Crippen LogP contribution in [0.25, 0.3) is 0 Å². The number of hydrogen-bond acceptors (Lipinski definition) is 8. The van der Waals surface area contributed by atoms with Gasteiger partial charge in [-0.1, -0.05) is 27.7 Å². The first-order chi connectivity index (χ1) is 14.5. The molecule has 31 heavy (non-hydrogen) atoms. The van der Waals surface area contributed by atoms with Crippen LogP contribution in [0.15, 0.2) is 28.7 Å². The van der Waals surface area contributed by atoms with Crippen molar-refractivity contribution in [2.45, 2.75) is 12.1 Å². The molecule has 0 saturated carbocycles. The van der Waals surface area contributed by atoms with E-state index in [4.69, 9.17) is 15.9 Å². The second kappa shape index (κ2) is 12.7. The van der Waals surface area contributed by atoms with Crippen molar-refractivity contribution in [3.05, 3.63) is 28.7 Å². The number of urea groups is 1. The Hall–Kier alpha value is -2.88. The van der Waals surface area contributed by atoms with Gasteiger partial charge in [-0.3, -0.25) is 24.4 Å². The van der Waals surface area contributed by atoms with Crippen LogP contribution in [0.5, 0.6) is 0 Å². The number of hydrogen-bond donors (Lipinski definition) is 7. The minimum Gasteiger partial charge on any atom is -0.480 e. The minimum atomic E-state index is -1.38. The highest BCUT2D eigenvalue weighted by molar-refractivity contribution is 9.10. The molecule has 2 atom stereocenters. The van der Waals surface area contributed by atoms with Crippen molar-refractivity contribution < 1.29 is 39.4 Å². The highest BCUT2D eigenvalue weighted by atomic mass is 79.9. The minimum absolute atomic E-state index is 0.154. The molecule has 0 radical (unpaired) electrons. The number of benzene rings is 1. The lowest BCUT2D eigenvalue weighted by atomic mass is 10.3. The van der Waals surface area contributed by atoms with E-state index in [0.717, 1.165) is 4.47 Å². The molecule has 170 valence electrons. The van der Waals surface area contributed by atoms with E-state index in [1.807, 2.05) is 0 Å². The molecule has 0 spiro atoms. The lowest BCUT2D eigenvalue weighted by Gasteiger charge is -2.20. The molecule has 1 rings (SSSR count). The van der Waals surface area contributed by atoms with E-state index in [1.54, 1.807) is 12.1 Å². The molecule has 4 amide bonds. The average Bonchev–Trinajstić information content (AvgIpc) is 2.72. The first-order valence-corrected chi connectivity index (χ1v) is 10.2. The predicted molar refractivity (Wildman–Crippen MR) is 113 cm³/mol. The van der Waals surface area contributed by atoms with E-state index in [1.165, 1.54) is 12.1 Å². The Morgan fingerprint density at radius 1 is 1.10 bits per heavy atom. The van der Waals surface area contributed by atoms with Gasteiger partial charge in [0.2, 0.25) is 5.91 Å². The maximum absolute atomic E-state index is 12.2. The fraction of sp³-hybridized carbons (Fsp3) is 0.312. The van der Waals surface area contributed by atoms with Crippen molar-refractivity contribution in [1.82, 2.24) is 16.0 Å². The van der Waals surface area contributed by atoms with Crippen molar-refractivity contribution in [1.29, 1.82) is 0 Å². The van der Waals surface area contributed by atoms with Gasteiger partial charge in [0.05, 0.1) is 5.69 Å². The molecule has 0 saturated heterocycles. The molecular formula is C16H20BrN5O8S. The zero-order valence-electron chi connectivity index (χ0n) is 15.8. The number of carboxylic acid groups (broad SMARTS) is 2. The van der Waals surface area contributed by atoms with E-state index < -0.39 is 54.3 Å². The molecular weight excluding hydrogens is 502 g/mol. The van der Waals surface area contributed by atoms with Crippen molar-refractivity contribution >= 4 is 62.5 Å². The third kappa shape index (κ3) is 9.65. The number of carbonyl (C=O) groups excluding carboxylic acids is 3. The summed E-state index contributed by atoms with van der Waals surface area (Å²) in [6.07, 6.45) is 0. The fourth-order valence-corrected chi connectivity index (χ4v) is 2.91. The van der Waals surface area contributed by atoms with Gasteiger partial charge in [-0.15, -0.1) is 0 Å². The number of carbonyl (C=O) groups is 5. The maximum Gasteiger partial charge on any atom is 0.322 e. The van der Waals surface area contributed by atoms with Gasteiger partial charge in [0.1, 0.15) is 18.6 Å². The molecule has 0 bridgehead atoms. The van der Waals surface area contributed by atoms with Crippen molar-refractivity contribution in [2.24, 2.45) is 5.73 Å². The molecule has 0 fully saturated rings. The van der Waals surface area contributed by atoms with E-state index in [9.17, 15) is 29.2 Å². The molecule has 1 aromatic carbocycles. The molecule has 8 N–H and O–H groups in total. The lowest BCUT2D eigenvalue weighted by Crippen LogP contribution is -2.54. The summed E-state index contributed by atoms with van der Waals surface area (Å²) in [5.41, 5.74) is 5.41. The van der Waals surface area contributed by atoms with Crippen LogP contribution < -0.4 is 26.7 Å². The quantitative estimate of drug-likeness (QED) is 0.159. The molecule has 0 aromatic heterocycles. The normalized spacial score (nSPS) is 12.2. The Kier molecular flexibility index (Phi) is 10.7. The summed E-state index contributed by atoms with van der Waals surface area (Å²) >= 11 is 3.69. The van der Waals surface area contributed by atoms with E-state index >= 15 is 0 Å².